The highest BCUT2D eigenvalue weighted by Gasteiger charge is 2.59. The van der Waals surface area contributed by atoms with Gasteiger partial charge < -0.3 is 20.3 Å². The molecule has 0 spiro atoms. The lowest BCUT2D eigenvalue weighted by Crippen LogP contribution is -2.68. The van der Waals surface area contributed by atoms with E-state index in [1.807, 2.05) is 43.3 Å². The first-order chi connectivity index (χ1) is 11.4. The van der Waals surface area contributed by atoms with E-state index < -0.39 is 16.7 Å². The largest absolute Gasteiger partial charge is 0.493 e. The van der Waals surface area contributed by atoms with Crippen LogP contribution in [-0.4, -0.2) is 41.7 Å². The van der Waals surface area contributed by atoms with Gasteiger partial charge >= 0.3 is 0 Å². The molecule has 0 amide bonds. The number of hydrogen-bond donors (Lipinski definition) is 2. The number of nitrogens with two attached hydrogens (primary N) is 1. The van der Waals surface area contributed by atoms with Crippen molar-refractivity contribution < 1.29 is 14.6 Å². The van der Waals surface area contributed by atoms with Gasteiger partial charge in [-0.25, -0.2) is 0 Å². The third-order valence-electron chi connectivity index (χ3n) is 5.03. The van der Waals surface area contributed by atoms with Crippen molar-refractivity contribution in [1.82, 2.24) is 0 Å². The minimum Gasteiger partial charge on any atom is -0.493 e. The molecule has 0 saturated heterocycles. The number of aliphatic hydroxyl groups is 1. The molecule has 1 heterocycles. The van der Waals surface area contributed by atoms with Crippen LogP contribution in [0.1, 0.15) is 33.6 Å². The van der Waals surface area contributed by atoms with Crippen molar-refractivity contribution in [2.45, 2.75) is 50.4 Å². The zero-order valence-corrected chi connectivity index (χ0v) is 15.0. The van der Waals surface area contributed by atoms with Crippen molar-refractivity contribution in [2.24, 2.45) is 10.7 Å². The summed E-state index contributed by atoms with van der Waals surface area (Å²) in [7, 11) is 1.59. The summed E-state index contributed by atoms with van der Waals surface area (Å²) in [6.45, 7) is 5.70. The average Bonchev–Trinajstić information content (AvgIpc) is 3.05. The van der Waals surface area contributed by atoms with Gasteiger partial charge in [0.05, 0.1) is 7.11 Å². The summed E-state index contributed by atoms with van der Waals surface area (Å²) in [6, 6.07) is 7.40. The Morgan fingerprint density at radius 3 is 2.42 bits per heavy atom. The van der Waals surface area contributed by atoms with Gasteiger partial charge in [0.1, 0.15) is 11.1 Å². The van der Waals surface area contributed by atoms with Crippen LogP contribution in [0.5, 0.6) is 11.5 Å². The smallest absolute Gasteiger partial charge is 0.164 e. The highest BCUT2D eigenvalue weighted by molar-refractivity contribution is 5.76. The molecular weight excluding hydrogens is 304 g/mol. The van der Waals surface area contributed by atoms with Gasteiger partial charge in [0.2, 0.25) is 0 Å². The summed E-state index contributed by atoms with van der Waals surface area (Å²) in [6.07, 6.45) is 7.28. The van der Waals surface area contributed by atoms with Crippen LogP contribution >= 0.6 is 0 Å². The van der Waals surface area contributed by atoms with E-state index in [1.54, 1.807) is 20.2 Å². The fraction of sp³-hybridized carbons (Fsp3) is 0.526. The van der Waals surface area contributed by atoms with Crippen molar-refractivity contribution >= 4 is 6.21 Å². The predicted molar refractivity (Wildman–Crippen MR) is 97.0 cm³/mol. The lowest BCUT2D eigenvalue weighted by atomic mass is 9.68. The van der Waals surface area contributed by atoms with E-state index in [2.05, 4.69) is 11.9 Å². The molecule has 3 atom stereocenters. The molecule has 1 aliphatic heterocycles. The van der Waals surface area contributed by atoms with E-state index in [4.69, 9.17) is 15.2 Å². The molecule has 0 aliphatic carbocycles. The Morgan fingerprint density at radius 2 is 1.92 bits per heavy atom. The van der Waals surface area contributed by atoms with Gasteiger partial charge in [-0.1, -0.05) is 31.6 Å². The van der Waals surface area contributed by atoms with Gasteiger partial charge in [0.25, 0.3) is 0 Å². The van der Waals surface area contributed by atoms with Gasteiger partial charge in [-0.2, -0.15) is 0 Å². The van der Waals surface area contributed by atoms with Crippen LogP contribution in [0, 0.1) is 0 Å². The second-order valence-electron chi connectivity index (χ2n) is 6.58. The zero-order chi connectivity index (χ0) is 17.8. The van der Waals surface area contributed by atoms with Crippen molar-refractivity contribution in [3.63, 3.8) is 0 Å². The quantitative estimate of drug-likeness (QED) is 0.767. The van der Waals surface area contributed by atoms with E-state index in [-0.39, 0.29) is 6.54 Å². The summed E-state index contributed by atoms with van der Waals surface area (Å²) in [4.78, 5) is 4.68. The molecule has 0 aromatic heterocycles. The number of hydrogen-bond acceptors (Lipinski definition) is 5. The lowest BCUT2D eigenvalue weighted by molar-refractivity contribution is -0.138. The number of allylic oxidation sites excluding steroid dienone is 1. The lowest BCUT2D eigenvalue weighted by Gasteiger charge is -2.51. The molecule has 1 aromatic carbocycles. The van der Waals surface area contributed by atoms with Gasteiger partial charge in [0.15, 0.2) is 17.1 Å². The van der Waals surface area contributed by atoms with E-state index in [1.165, 1.54) is 0 Å². The van der Waals surface area contributed by atoms with Crippen LogP contribution in [-0.2, 0) is 0 Å². The molecule has 24 heavy (non-hydrogen) atoms. The fourth-order valence-corrected chi connectivity index (χ4v) is 3.25. The maximum Gasteiger partial charge on any atom is 0.164 e. The molecule has 0 fully saturated rings. The number of rotatable bonds is 8. The predicted octanol–water partition coefficient (Wildman–Crippen LogP) is 2.72. The third-order valence-corrected chi connectivity index (χ3v) is 5.03. The summed E-state index contributed by atoms with van der Waals surface area (Å²) in [5.74, 6) is 1.16. The molecule has 5 nitrogen and oxygen atoms in total. The molecule has 2 rings (SSSR count). The van der Waals surface area contributed by atoms with Gasteiger partial charge in [-0.3, -0.25) is 4.99 Å². The first kappa shape index (κ1) is 18.5. The minimum absolute atomic E-state index is 0.0491. The Hall–Kier alpha value is -1.85. The van der Waals surface area contributed by atoms with Gasteiger partial charge in [-0.15, -0.1) is 0 Å². The van der Waals surface area contributed by atoms with Crippen LogP contribution in [0.25, 0.3) is 0 Å². The number of aliphatic imine (C=N–C) groups is 1. The number of methoxy groups -OCH3 is 1. The number of para-hydroxylation sites is 2. The normalized spacial score (nSPS) is 24.4. The number of benzene rings is 1. The molecular formula is C19H28N2O3. The van der Waals surface area contributed by atoms with Gasteiger partial charge in [-0.05, 0) is 38.5 Å². The molecule has 0 radical (unpaired) electrons. The van der Waals surface area contributed by atoms with Crippen LogP contribution in [0.4, 0.5) is 0 Å². The summed E-state index contributed by atoms with van der Waals surface area (Å²) in [5, 5.41) is 11.1. The Labute approximate surface area is 144 Å². The Kier molecular flexibility index (Phi) is 5.35. The standard InChI is InChI=1S/C19H28N2O3/c1-5-11-19(12-8-13-21-19)18(3,17(2,22)14-20)24-16-10-7-6-9-15(16)23-4/h6-10,12-13,22H,5,11,14,20H2,1-4H3. The second kappa shape index (κ2) is 6.95. The van der Waals surface area contributed by atoms with Crippen molar-refractivity contribution in [1.29, 1.82) is 0 Å². The molecule has 1 aliphatic rings. The average molecular weight is 332 g/mol. The Morgan fingerprint density at radius 1 is 1.25 bits per heavy atom. The molecule has 0 saturated carbocycles. The van der Waals surface area contributed by atoms with E-state index >= 15 is 0 Å². The molecule has 0 bridgehead atoms. The van der Waals surface area contributed by atoms with E-state index in [9.17, 15) is 5.11 Å². The zero-order valence-electron chi connectivity index (χ0n) is 15.0. The molecule has 3 N–H and O–H groups in total. The topological polar surface area (TPSA) is 77.1 Å². The molecule has 3 unspecified atom stereocenters. The van der Waals surface area contributed by atoms with Crippen molar-refractivity contribution in [3.05, 3.63) is 36.4 Å². The summed E-state index contributed by atoms with van der Waals surface area (Å²) >= 11 is 0. The van der Waals surface area contributed by atoms with E-state index in [0.717, 1.165) is 12.8 Å². The van der Waals surface area contributed by atoms with Crippen molar-refractivity contribution in [2.75, 3.05) is 13.7 Å². The van der Waals surface area contributed by atoms with Crippen LogP contribution in [0.3, 0.4) is 0 Å². The highest BCUT2D eigenvalue weighted by Crippen LogP contribution is 2.46. The first-order valence-corrected chi connectivity index (χ1v) is 8.33. The molecule has 132 valence electrons. The van der Waals surface area contributed by atoms with Crippen LogP contribution in [0.15, 0.2) is 41.4 Å². The molecule has 5 heteroatoms. The van der Waals surface area contributed by atoms with Gasteiger partial charge in [0, 0.05) is 12.8 Å². The minimum atomic E-state index is -1.30. The summed E-state index contributed by atoms with van der Waals surface area (Å²) < 4.78 is 11.8. The summed E-state index contributed by atoms with van der Waals surface area (Å²) in [5.41, 5.74) is 2.85. The SMILES string of the molecule is CCCC1(C(C)(Oc2ccccc2OC)C(C)(O)CN)C=CC=N1. The number of ether oxygens (including phenoxy) is 2. The van der Waals surface area contributed by atoms with Crippen molar-refractivity contribution in [3.8, 4) is 11.5 Å². The number of nitrogens with zero attached hydrogens (tertiary/aromatic N) is 1. The molecule has 1 aromatic rings. The maximum absolute atomic E-state index is 11.1. The first-order valence-electron chi connectivity index (χ1n) is 8.33. The third kappa shape index (κ3) is 2.94. The fourth-order valence-electron chi connectivity index (χ4n) is 3.25. The van der Waals surface area contributed by atoms with Crippen LogP contribution < -0.4 is 15.2 Å². The second-order valence-corrected chi connectivity index (χ2v) is 6.58. The van der Waals surface area contributed by atoms with E-state index in [0.29, 0.717) is 11.5 Å². The highest BCUT2D eigenvalue weighted by atomic mass is 16.5. The maximum atomic E-state index is 11.1. The van der Waals surface area contributed by atoms with Crippen LogP contribution in [0.2, 0.25) is 0 Å². The Balaban J connectivity index is 2.56. The monoisotopic (exact) mass is 332 g/mol. The Bertz CT molecular complexity index is 613.